The molecule has 0 unspecified atom stereocenters. The number of hydrogen-bond acceptors (Lipinski definition) is 2. The normalized spacial score (nSPS) is 15.5. The molecule has 2 aromatic carbocycles. The summed E-state index contributed by atoms with van der Waals surface area (Å²) in [5.74, 6) is 1.97. The zero-order chi connectivity index (χ0) is 13.9. The highest BCUT2D eigenvalue weighted by molar-refractivity contribution is 5.89. The minimum atomic E-state index is -0.235. The molecule has 0 fully saturated rings. The van der Waals surface area contributed by atoms with E-state index in [2.05, 4.69) is 31.0 Å². The first-order chi connectivity index (χ1) is 9.57. The molecule has 20 heavy (non-hydrogen) atoms. The van der Waals surface area contributed by atoms with Crippen LogP contribution in [0.3, 0.4) is 0 Å². The number of aromatic nitrogens is 1. The molecular formula is C17H15NO2. The smallest absolute Gasteiger partial charge is 0.156 e. The van der Waals surface area contributed by atoms with Gasteiger partial charge in [-0.2, -0.15) is 0 Å². The highest BCUT2D eigenvalue weighted by Crippen LogP contribution is 2.50. The summed E-state index contributed by atoms with van der Waals surface area (Å²) in [5, 5.41) is 10.8. The summed E-state index contributed by atoms with van der Waals surface area (Å²) in [7, 11) is 0. The summed E-state index contributed by atoms with van der Waals surface area (Å²) < 4.78 is 6.08. The number of rotatable bonds is 0. The van der Waals surface area contributed by atoms with Gasteiger partial charge in [0.2, 0.25) is 0 Å². The zero-order valence-electron chi connectivity index (χ0n) is 11.4. The number of para-hydroxylation sites is 1. The number of phenolic OH excluding ortho intramolecular Hbond substituents is 1. The molecule has 1 aliphatic heterocycles. The van der Waals surface area contributed by atoms with Crippen molar-refractivity contribution in [3.8, 4) is 17.2 Å². The molecule has 0 aliphatic carbocycles. The van der Waals surface area contributed by atoms with Gasteiger partial charge in [-0.3, -0.25) is 0 Å². The van der Waals surface area contributed by atoms with E-state index in [1.165, 1.54) is 0 Å². The number of aromatic hydroxyl groups is 1. The van der Waals surface area contributed by atoms with Crippen LogP contribution in [0.2, 0.25) is 0 Å². The molecule has 3 nitrogen and oxygen atoms in total. The Kier molecular flexibility index (Phi) is 2.04. The Bertz CT molecular complexity index is 830. The molecular weight excluding hydrogens is 250 g/mol. The Morgan fingerprint density at radius 2 is 1.90 bits per heavy atom. The van der Waals surface area contributed by atoms with Crippen molar-refractivity contribution in [1.29, 1.82) is 0 Å². The summed E-state index contributed by atoms with van der Waals surface area (Å²) in [6.45, 7) is 4.28. The van der Waals surface area contributed by atoms with Gasteiger partial charge in [0, 0.05) is 21.9 Å². The minimum absolute atomic E-state index is 0.235. The standard InChI is InChI=1S/C17H15NO2/c1-17(2)12-9-10(19)7-8-14(12)20-15-11-5-3-4-6-13(11)18-16(15)17/h3-9,18-19H,1-2H3. The average molecular weight is 265 g/mol. The molecule has 1 aliphatic rings. The number of hydrogen-bond donors (Lipinski definition) is 2. The van der Waals surface area contributed by atoms with E-state index in [0.717, 1.165) is 33.7 Å². The number of aromatic amines is 1. The number of benzene rings is 2. The lowest BCUT2D eigenvalue weighted by molar-refractivity contribution is 0.412. The van der Waals surface area contributed by atoms with E-state index in [-0.39, 0.29) is 11.2 Å². The summed E-state index contributed by atoms with van der Waals surface area (Å²) in [6.07, 6.45) is 0. The van der Waals surface area contributed by atoms with Gasteiger partial charge in [-0.15, -0.1) is 0 Å². The number of H-pyrrole nitrogens is 1. The Morgan fingerprint density at radius 3 is 2.75 bits per heavy atom. The van der Waals surface area contributed by atoms with Crippen molar-refractivity contribution >= 4 is 10.9 Å². The lowest BCUT2D eigenvalue weighted by Gasteiger charge is -2.32. The van der Waals surface area contributed by atoms with Crippen molar-refractivity contribution in [1.82, 2.24) is 4.98 Å². The van der Waals surface area contributed by atoms with Gasteiger partial charge in [0.15, 0.2) is 5.75 Å². The molecule has 0 saturated carbocycles. The van der Waals surface area contributed by atoms with Crippen LogP contribution >= 0.6 is 0 Å². The SMILES string of the molecule is CC1(C)c2cc(O)ccc2Oc2c1[nH]c1ccccc21. The molecule has 0 radical (unpaired) electrons. The predicted molar refractivity (Wildman–Crippen MR) is 78.6 cm³/mol. The Hall–Kier alpha value is -2.42. The first-order valence-electron chi connectivity index (χ1n) is 6.70. The fourth-order valence-electron chi connectivity index (χ4n) is 3.00. The molecule has 2 N–H and O–H groups in total. The number of phenols is 1. The first kappa shape index (κ1) is 11.4. The summed E-state index contributed by atoms with van der Waals surface area (Å²) in [6, 6.07) is 13.4. The fourth-order valence-corrected chi connectivity index (χ4v) is 3.00. The molecule has 0 bridgehead atoms. The third-order valence-corrected chi connectivity index (χ3v) is 4.13. The molecule has 0 spiro atoms. The van der Waals surface area contributed by atoms with E-state index in [1.807, 2.05) is 18.2 Å². The van der Waals surface area contributed by atoms with Crippen molar-refractivity contribution in [3.05, 3.63) is 53.7 Å². The van der Waals surface area contributed by atoms with Crippen LogP contribution in [-0.4, -0.2) is 10.1 Å². The maximum Gasteiger partial charge on any atom is 0.156 e. The van der Waals surface area contributed by atoms with Gasteiger partial charge in [-0.05, 0) is 44.2 Å². The van der Waals surface area contributed by atoms with Crippen molar-refractivity contribution < 1.29 is 9.84 Å². The van der Waals surface area contributed by atoms with Gasteiger partial charge in [-0.25, -0.2) is 0 Å². The van der Waals surface area contributed by atoms with Crippen LogP contribution in [0.1, 0.15) is 25.1 Å². The lowest BCUT2D eigenvalue weighted by atomic mass is 9.79. The Labute approximate surface area is 116 Å². The van der Waals surface area contributed by atoms with Crippen LogP contribution in [0, 0.1) is 0 Å². The lowest BCUT2D eigenvalue weighted by Crippen LogP contribution is -2.24. The Morgan fingerprint density at radius 1 is 1.10 bits per heavy atom. The second-order valence-electron chi connectivity index (χ2n) is 5.78. The van der Waals surface area contributed by atoms with Gasteiger partial charge in [0.25, 0.3) is 0 Å². The molecule has 100 valence electrons. The van der Waals surface area contributed by atoms with Gasteiger partial charge in [-0.1, -0.05) is 12.1 Å². The van der Waals surface area contributed by atoms with Gasteiger partial charge in [0.1, 0.15) is 11.5 Å². The summed E-state index contributed by atoms with van der Waals surface area (Å²) in [4.78, 5) is 3.46. The average Bonchev–Trinajstić information content (AvgIpc) is 2.80. The molecule has 4 rings (SSSR count). The van der Waals surface area contributed by atoms with Crippen LogP contribution in [0.4, 0.5) is 0 Å². The van der Waals surface area contributed by atoms with Gasteiger partial charge >= 0.3 is 0 Å². The van der Waals surface area contributed by atoms with Crippen molar-refractivity contribution in [3.63, 3.8) is 0 Å². The largest absolute Gasteiger partial charge is 0.508 e. The first-order valence-corrected chi connectivity index (χ1v) is 6.70. The van der Waals surface area contributed by atoms with E-state index in [0.29, 0.717) is 0 Å². The predicted octanol–water partition coefficient (Wildman–Crippen LogP) is 4.31. The molecule has 0 saturated heterocycles. The minimum Gasteiger partial charge on any atom is -0.508 e. The topological polar surface area (TPSA) is 45.2 Å². The quantitative estimate of drug-likeness (QED) is 0.636. The van der Waals surface area contributed by atoms with Crippen LogP contribution < -0.4 is 4.74 Å². The highest BCUT2D eigenvalue weighted by atomic mass is 16.5. The van der Waals surface area contributed by atoms with E-state index >= 15 is 0 Å². The van der Waals surface area contributed by atoms with Crippen LogP contribution in [0.15, 0.2) is 42.5 Å². The third-order valence-electron chi connectivity index (χ3n) is 4.13. The monoisotopic (exact) mass is 265 g/mol. The zero-order valence-corrected chi connectivity index (χ0v) is 11.4. The van der Waals surface area contributed by atoms with E-state index < -0.39 is 0 Å². The Balaban J connectivity index is 2.06. The van der Waals surface area contributed by atoms with Crippen LogP contribution in [0.25, 0.3) is 10.9 Å². The van der Waals surface area contributed by atoms with Gasteiger partial charge in [0.05, 0.1) is 5.69 Å². The maximum absolute atomic E-state index is 9.74. The third kappa shape index (κ3) is 1.35. The van der Waals surface area contributed by atoms with E-state index in [9.17, 15) is 5.11 Å². The van der Waals surface area contributed by atoms with E-state index in [1.54, 1.807) is 12.1 Å². The number of fused-ring (bicyclic) bond motifs is 4. The van der Waals surface area contributed by atoms with Crippen LogP contribution in [0.5, 0.6) is 17.2 Å². The summed E-state index contributed by atoms with van der Waals surface area (Å²) in [5.41, 5.74) is 2.89. The maximum atomic E-state index is 9.74. The molecule has 0 atom stereocenters. The fraction of sp³-hybridized carbons (Fsp3) is 0.176. The van der Waals surface area contributed by atoms with E-state index in [4.69, 9.17) is 4.74 Å². The molecule has 1 aromatic heterocycles. The molecule has 2 heterocycles. The highest BCUT2D eigenvalue weighted by Gasteiger charge is 2.37. The molecule has 3 heteroatoms. The number of nitrogens with one attached hydrogen (secondary N) is 1. The summed E-state index contributed by atoms with van der Waals surface area (Å²) >= 11 is 0. The van der Waals surface area contributed by atoms with Crippen molar-refractivity contribution in [2.24, 2.45) is 0 Å². The number of ether oxygens (including phenoxy) is 1. The molecule has 0 amide bonds. The van der Waals surface area contributed by atoms with Crippen molar-refractivity contribution in [2.45, 2.75) is 19.3 Å². The van der Waals surface area contributed by atoms with Crippen LogP contribution in [-0.2, 0) is 5.41 Å². The van der Waals surface area contributed by atoms with Gasteiger partial charge < -0.3 is 14.8 Å². The second-order valence-corrected chi connectivity index (χ2v) is 5.78. The second kappa shape index (κ2) is 3.57. The molecule has 3 aromatic rings. The van der Waals surface area contributed by atoms with Crippen molar-refractivity contribution in [2.75, 3.05) is 0 Å².